The van der Waals surface area contributed by atoms with Crippen LogP contribution >= 0.6 is 0 Å². The van der Waals surface area contributed by atoms with Gasteiger partial charge in [-0.05, 0) is 67.4 Å². The van der Waals surface area contributed by atoms with Crippen LogP contribution in [0.4, 0.5) is 13.2 Å². The number of aliphatic hydroxyl groups is 1. The van der Waals surface area contributed by atoms with E-state index in [2.05, 4.69) is 14.7 Å². The number of alkyl halides is 2. The molecule has 0 spiro atoms. The topological polar surface area (TPSA) is 117 Å². The van der Waals surface area contributed by atoms with E-state index in [0.29, 0.717) is 39.8 Å². The van der Waals surface area contributed by atoms with Gasteiger partial charge < -0.3 is 23.6 Å². The van der Waals surface area contributed by atoms with Crippen LogP contribution in [0.2, 0.25) is 0 Å². The van der Waals surface area contributed by atoms with Crippen molar-refractivity contribution in [1.29, 1.82) is 0 Å². The van der Waals surface area contributed by atoms with E-state index in [9.17, 15) is 22.3 Å². The van der Waals surface area contributed by atoms with Gasteiger partial charge in [-0.15, -0.1) is 0 Å². The predicted octanol–water partition coefficient (Wildman–Crippen LogP) is 6.43. The first-order valence-electron chi connectivity index (χ1n) is 13.2. The number of nitrogens with zero attached hydrogens (tertiary/aromatic N) is 3. The predicted molar refractivity (Wildman–Crippen MR) is 156 cm³/mol. The molecule has 5 aromatic rings. The molecule has 0 aliphatic heterocycles. The van der Waals surface area contributed by atoms with E-state index in [1.807, 2.05) is 24.6 Å². The number of rotatable bonds is 9. The number of aliphatic hydroxyl groups excluding tert-OH is 1. The standard InChI is InChI=1S/C31H28F3N3O6S/c1-16-14-37(17(2)35-16)25-8-6-19(21-11-24(32)23(15-38)28(13-21)44(5,39)40)10-22(25)29-30(42-18(3)36-29)20-7-9-26(43-31(33)34)27(12-20)41-4/h6-14,31,38H,15H2,1-5H3. The molecule has 0 saturated heterocycles. The summed E-state index contributed by atoms with van der Waals surface area (Å²) in [4.78, 5) is 8.83. The minimum Gasteiger partial charge on any atom is -0.493 e. The average molecular weight is 628 g/mol. The van der Waals surface area contributed by atoms with Gasteiger partial charge in [-0.25, -0.2) is 22.8 Å². The van der Waals surface area contributed by atoms with Crippen molar-refractivity contribution in [1.82, 2.24) is 14.5 Å². The highest BCUT2D eigenvalue weighted by molar-refractivity contribution is 7.90. The van der Waals surface area contributed by atoms with Crippen LogP contribution in [0.15, 0.2) is 64.0 Å². The lowest BCUT2D eigenvalue weighted by atomic mass is 9.97. The van der Waals surface area contributed by atoms with E-state index in [1.54, 1.807) is 25.1 Å². The highest BCUT2D eigenvalue weighted by Crippen LogP contribution is 2.41. The molecule has 1 N–H and O–H groups in total. The molecule has 0 aliphatic rings. The van der Waals surface area contributed by atoms with E-state index in [4.69, 9.17) is 9.15 Å². The quantitative estimate of drug-likeness (QED) is 0.199. The Morgan fingerprint density at radius 3 is 2.32 bits per heavy atom. The molecule has 0 fully saturated rings. The third-order valence-electron chi connectivity index (χ3n) is 6.94. The van der Waals surface area contributed by atoms with Crippen LogP contribution in [-0.4, -0.2) is 48.0 Å². The zero-order valence-corrected chi connectivity index (χ0v) is 25.2. The molecule has 0 radical (unpaired) electrons. The summed E-state index contributed by atoms with van der Waals surface area (Å²) < 4.78 is 83.6. The van der Waals surface area contributed by atoms with Gasteiger partial charge in [0.1, 0.15) is 17.3 Å². The number of aryl methyl sites for hydroxylation is 3. The minimum absolute atomic E-state index is 0.0469. The summed E-state index contributed by atoms with van der Waals surface area (Å²) in [7, 11) is -2.56. The van der Waals surface area contributed by atoms with Crippen LogP contribution in [0.25, 0.3) is 39.4 Å². The van der Waals surface area contributed by atoms with Crippen molar-refractivity contribution in [3.8, 4) is 50.9 Å². The Balaban J connectivity index is 1.77. The number of sulfone groups is 1. The molecular weight excluding hydrogens is 599 g/mol. The SMILES string of the molecule is COc1cc(-c2oc(C)nc2-c2cc(-c3cc(F)c(CO)c(S(C)(=O)=O)c3)ccc2-n2cc(C)nc2C)ccc1OC(F)F. The van der Waals surface area contributed by atoms with Crippen molar-refractivity contribution < 1.29 is 40.6 Å². The number of ether oxygens (including phenoxy) is 2. The fourth-order valence-electron chi connectivity index (χ4n) is 5.05. The van der Waals surface area contributed by atoms with E-state index >= 15 is 4.39 Å². The number of benzene rings is 3. The fraction of sp³-hybridized carbons (Fsp3) is 0.226. The molecule has 13 heteroatoms. The molecule has 2 aromatic heterocycles. The van der Waals surface area contributed by atoms with Gasteiger partial charge in [0.2, 0.25) is 0 Å². The second-order valence-corrected chi connectivity index (χ2v) is 12.0. The maximum absolute atomic E-state index is 15.1. The van der Waals surface area contributed by atoms with E-state index in [-0.39, 0.29) is 33.3 Å². The zero-order valence-electron chi connectivity index (χ0n) is 24.4. The van der Waals surface area contributed by atoms with Gasteiger partial charge in [0, 0.05) is 36.1 Å². The zero-order chi connectivity index (χ0) is 31.9. The Morgan fingerprint density at radius 1 is 0.977 bits per heavy atom. The molecule has 0 atom stereocenters. The van der Waals surface area contributed by atoms with Crippen LogP contribution in [0.1, 0.15) is 23.0 Å². The highest BCUT2D eigenvalue weighted by Gasteiger charge is 2.24. The fourth-order valence-corrected chi connectivity index (χ4v) is 6.00. The molecule has 0 aliphatic carbocycles. The van der Waals surface area contributed by atoms with Gasteiger partial charge in [0.05, 0.1) is 30.0 Å². The normalized spacial score (nSPS) is 11.8. The number of aromatic nitrogens is 3. The molecule has 0 unspecified atom stereocenters. The van der Waals surface area contributed by atoms with E-state index in [1.165, 1.54) is 31.4 Å². The van der Waals surface area contributed by atoms with Crippen molar-refractivity contribution in [2.75, 3.05) is 13.4 Å². The minimum atomic E-state index is -3.88. The van der Waals surface area contributed by atoms with Crippen LogP contribution in [0.5, 0.6) is 11.5 Å². The summed E-state index contributed by atoms with van der Waals surface area (Å²) in [6.07, 6.45) is 2.77. The summed E-state index contributed by atoms with van der Waals surface area (Å²) in [5.74, 6) is 0.279. The number of methoxy groups -OCH3 is 1. The van der Waals surface area contributed by atoms with Gasteiger partial charge in [-0.1, -0.05) is 6.07 Å². The van der Waals surface area contributed by atoms with Crippen LogP contribution < -0.4 is 9.47 Å². The summed E-state index contributed by atoms with van der Waals surface area (Å²) in [5.41, 5.74) is 3.13. The summed E-state index contributed by atoms with van der Waals surface area (Å²) in [6, 6.07) is 12.0. The molecule has 9 nitrogen and oxygen atoms in total. The summed E-state index contributed by atoms with van der Waals surface area (Å²) in [6.45, 7) is 1.48. The molecular formula is C31H28F3N3O6S. The second-order valence-electron chi connectivity index (χ2n) is 10.1. The van der Waals surface area contributed by atoms with Crippen LogP contribution in [-0.2, 0) is 16.4 Å². The van der Waals surface area contributed by atoms with Crippen molar-refractivity contribution in [3.05, 3.63) is 83.5 Å². The summed E-state index contributed by atoms with van der Waals surface area (Å²) >= 11 is 0. The van der Waals surface area contributed by atoms with Crippen molar-refractivity contribution >= 4 is 9.84 Å². The lowest BCUT2D eigenvalue weighted by Crippen LogP contribution is -2.06. The lowest BCUT2D eigenvalue weighted by Gasteiger charge is -2.16. The molecule has 5 rings (SSSR count). The first-order chi connectivity index (χ1) is 20.8. The van der Waals surface area contributed by atoms with E-state index in [0.717, 1.165) is 18.0 Å². The Kier molecular flexibility index (Phi) is 8.28. The Hall–Kier alpha value is -4.62. The number of hydrogen-bond donors (Lipinski definition) is 1. The van der Waals surface area contributed by atoms with Crippen LogP contribution in [0, 0.1) is 26.6 Å². The first-order valence-corrected chi connectivity index (χ1v) is 15.1. The molecule has 2 heterocycles. The average Bonchev–Trinajstić information content (AvgIpc) is 3.52. The lowest BCUT2D eigenvalue weighted by molar-refractivity contribution is -0.0512. The van der Waals surface area contributed by atoms with Crippen LogP contribution in [0.3, 0.4) is 0 Å². The smallest absolute Gasteiger partial charge is 0.387 e. The van der Waals surface area contributed by atoms with Gasteiger partial charge >= 0.3 is 6.61 Å². The van der Waals surface area contributed by atoms with Crippen molar-refractivity contribution in [2.24, 2.45) is 0 Å². The molecule has 0 amide bonds. The van der Waals surface area contributed by atoms with Gasteiger partial charge in [-0.3, -0.25) is 0 Å². The molecule has 3 aromatic carbocycles. The van der Waals surface area contributed by atoms with E-state index < -0.39 is 28.9 Å². The van der Waals surface area contributed by atoms with Crippen molar-refractivity contribution in [2.45, 2.75) is 38.9 Å². The number of hydrogen-bond acceptors (Lipinski definition) is 8. The van der Waals surface area contributed by atoms with Gasteiger partial charge in [0.25, 0.3) is 0 Å². The van der Waals surface area contributed by atoms with Gasteiger partial charge in [-0.2, -0.15) is 8.78 Å². The largest absolute Gasteiger partial charge is 0.493 e. The maximum Gasteiger partial charge on any atom is 0.387 e. The highest BCUT2D eigenvalue weighted by atomic mass is 32.2. The maximum atomic E-state index is 15.1. The molecule has 230 valence electrons. The van der Waals surface area contributed by atoms with Crippen molar-refractivity contribution in [3.63, 3.8) is 0 Å². The molecule has 44 heavy (non-hydrogen) atoms. The first kappa shape index (κ1) is 30.8. The Labute approximate surface area is 251 Å². The number of oxazole rings is 1. The third-order valence-corrected chi connectivity index (χ3v) is 8.10. The summed E-state index contributed by atoms with van der Waals surface area (Å²) in [5, 5.41) is 9.66. The van der Waals surface area contributed by atoms with Gasteiger partial charge in [0.15, 0.2) is 33.0 Å². The molecule has 0 saturated carbocycles. The Morgan fingerprint density at radius 2 is 1.70 bits per heavy atom. The molecule has 0 bridgehead atoms. The number of imidazole rings is 1. The second kappa shape index (κ2) is 11.8. The Bertz CT molecular complexity index is 1990. The number of halogens is 3. The third kappa shape index (κ3) is 5.92. The monoisotopic (exact) mass is 627 g/mol.